The zero-order valence-electron chi connectivity index (χ0n) is 10.4. The molecule has 1 aliphatic rings. The number of hydrogen-bond acceptors (Lipinski definition) is 4. The number of anilines is 1. The van der Waals surface area contributed by atoms with Gasteiger partial charge in [-0.15, -0.1) is 0 Å². The Balaban J connectivity index is 1.79. The molecule has 0 saturated heterocycles. The van der Waals surface area contributed by atoms with Crippen LogP contribution < -0.4 is 10.9 Å². The number of ketones is 2. The van der Waals surface area contributed by atoms with Crippen LogP contribution in [0, 0.1) is 0 Å². The van der Waals surface area contributed by atoms with Crippen molar-refractivity contribution in [2.24, 2.45) is 0 Å². The Morgan fingerprint density at radius 2 is 1.40 bits per heavy atom. The van der Waals surface area contributed by atoms with Crippen LogP contribution in [0.15, 0.2) is 48.5 Å². The van der Waals surface area contributed by atoms with Gasteiger partial charge in [-0.25, -0.2) is 5.43 Å². The fourth-order valence-electron chi connectivity index (χ4n) is 2.19. The van der Waals surface area contributed by atoms with E-state index in [-0.39, 0.29) is 11.6 Å². The summed E-state index contributed by atoms with van der Waals surface area (Å²) < 4.78 is 0. The van der Waals surface area contributed by atoms with Crippen molar-refractivity contribution in [1.29, 1.82) is 0 Å². The maximum atomic E-state index is 12.2. The van der Waals surface area contributed by atoms with E-state index in [0.717, 1.165) is 0 Å². The summed E-state index contributed by atoms with van der Waals surface area (Å²) in [7, 11) is 0. The molecule has 0 bridgehead atoms. The topological polar surface area (TPSA) is 58.2 Å². The van der Waals surface area contributed by atoms with E-state index in [1.165, 1.54) is 0 Å². The molecule has 0 saturated carbocycles. The van der Waals surface area contributed by atoms with Gasteiger partial charge in [-0.1, -0.05) is 48.0 Å². The monoisotopic (exact) mass is 286 g/mol. The standard InChI is InChI=1S/C15H11ClN2O2/c16-11-7-3-4-8-12(11)17-18-13-14(19)9-5-1-2-6-10(9)15(13)20/h1-8,13,17-18H. The fourth-order valence-corrected chi connectivity index (χ4v) is 2.37. The molecule has 0 aromatic heterocycles. The molecule has 2 aromatic carbocycles. The van der Waals surface area contributed by atoms with Gasteiger partial charge in [0.1, 0.15) is 0 Å². The fraction of sp³-hybridized carbons (Fsp3) is 0.0667. The molecule has 3 rings (SSSR count). The molecule has 0 fully saturated rings. The summed E-state index contributed by atoms with van der Waals surface area (Å²) in [5.74, 6) is -0.463. The quantitative estimate of drug-likeness (QED) is 0.673. The van der Waals surface area contributed by atoms with Gasteiger partial charge in [-0.3, -0.25) is 9.59 Å². The maximum Gasteiger partial charge on any atom is 0.190 e. The zero-order valence-corrected chi connectivity index (χ0v) is 11.1. The average molecular weight is 287 g/mol. The minimum atomic E-state index is -0.913. The van der Waals surface area contributed by atoms with Crippen molar-refractivity contribution < 1.29 is 9.59 Å². The number of benzene rings is 2. The van der Waals surface area contributed by atoms with E-state index in [9.17, 15) is 9.59 Å². The highest BCUT2D eigenvalue weighted by atomic mass is 35.5. The second-order valence-corrected chi connectivity index (χ2v) is 4.86. The van der Waals surface area contributed by atoms with E-state index < -0.39 is 6.04 Å². The summed E-state index contributed by atoms with van der Waals surface area (Å²) in [6.07, 6.45) is 0. The largest absolute Gasteiger partial charge is 0.319 e. The minimum Gasteiger partial charge on any atom is -0.319 e. The van der Waals surface area contributed by atoms with Crippen molar-refractivity contribution in [2.45, 2.75) is 6.04 Å². The summed E-state index contributed by atoms with van der Waals surface area (Å²) in [6.45, 7) is 0. The molecular formula is C15H11ClN2O2. The minimum absolute atomic E-state index is 0.231. The number of hydrogen-bond donors (Lipinski definition) is 2. The molecule has 0 radical (unpaired) electrons. The van der Waals surface area contributed by atoms with Gasteiger partial charge in [-0.05, 0) is 12.1 Å². The zero-order chi connectivity index (χ0) is 14.1. The highest BCUT2D eigenvalue weighted by molar-refractivity contribution is 6.33. The molecule has 0 unspecified atom stereocenters. The van der Waals surface area contributed by atoms with Crippen LogP contribution in [0.1, 0.15) is 20.7 Å². The number of hydrazine groups is 1. The highest BCUT2D eigenvalue weighted by Crippen LogP contribution is 2.23. The molecular weight excluding hydrogens is 276 g/mol. The van der Waals surface area contributed by atoms with Gasteiger partial charge in [0, 0.05) is 11.1 Å². The summed E-state index contributed by atoms with van der Waals surface area (Å²) in [4.78, 5) is 24.3. The molecule has 1 aliphatic carbocycles. The van der Waals surface area contributed by atoms with E-state index in [4.69, 9.17) is 11.6 Å². The van der Waals surface area contributed by atoms with Gasteiger partial charge in [0.15, 0.2) is 17.6 Å². The van der Waals surface area contributed by atoms with Crippen molar-refractivity contribution in [3.63, 3.8) is 0 Å². The summed E-state index contributed by atoms with van der Waals surface area (Å²) in [6, 6.07) is 13.0. The molecule has 4 nitrogen and oxygen atoms in total. The SMILES string of the molecule is O=C1c2ccccc2C(=O)C1NNc1ccccc1Cl. The van der Waals surface area contributed by atoms with Gasteiger partial charge in [-0.2, -0.15) is 0 Å². The lowest BCUT2D eigenvalue weighted by Gasteiger charge is -2.13. The molecule has 0 spiro atoms. The van der Waals surface area contributed by atoms with Gasteiger partial charge < -0.3 is 5.43 Å². The van der Waals surface area contributed by atoms with Crippen LogP contribution >= 0.6 is 11.6 Å². The van der Waals surface area contributed by atoms with Crippen molar-refractivity contribution in [3.8, 4) is 0 Å². The third-order valence-electron chi connectivity index (χ3n) is 3.21. The number of carbonyl (C=O) groups is 2. The number of Topliss-reactive ketones (excluding diaryl/α,β-unsaturated/α-hetero) is 2. The lowest BCUT2D eigenvalue weighted by atomic mass is 10.1. The van der Waals surface area contributed by atoms with Crippen LogP contribution in [0.25, 0.3) is 0 Å². The first-order valence-corrected chi connectivity index (χ1v) is 6.50. The number of para-hydroxylation sites is 1. The molecule has 0 aliphatic heterocycles. The van der Waals surface area contributed by atoms with Gasteiger partial charge in [0.2, 0.25) is 0 Å². The average Bonchev–Trinajstić information content (AvgIpc) is 2.71. The van der Waals surface area contributed by atoms with E-state index >= 15 is 0 Å². The predicted molar refractivity (Wildman–Crippen MR) is 77.1 cm³/mol. The normalized spacial score (nSPS) is 14.4. The Morgan fingerprint density at radius 1 is 0.850 bits per heavy atom. The Hall–Kier alpha value is -2.17. The van der Waals surface area contributed by atoms with Crippen LogP contribution in [0.3, 0.4) is 0 Å². The Labute approximate surface area is 120 Å². The summed E-state index contributed by atoms with van der Waals surface area (Å²) in [5.41, 5.74) is 7.10. The number of fused-ring (bicyclic) bond motifs is 1. The molecule has 0 amide bonds. The number of nitrogens with one attached hydrogen (secondary N) is 2. The van der Waals surface area contributed by atoms with E-state index in [0.29, 0.717) is 21.8 Å². The van der Waals surface area contributed by atoms with E-state index in [1.54, 1.807) is 42.5 Å². The van der Waals surface area contributed by atoms with E-state index in [1.807, 2.05) is 6.07 Å². The van der Waals surface area contributed by atoms with Crippen LogP contribution in [-0.4, -0.2) is 17.6 Å². The van der Waals surface area contributed by atoms with Crippen LogP contribution in [0.2, 0.25) is 5.02 Å². The Bertz CT molecular complexity index is 665. The Morgan fingerprint density at radius 3 is 2.00 bits per heavy atom. The lowest BCUT2D eigenvalue weighted by molar-refractivity contribution is 0.0874. The number of halogens is 1. The smallest absolute Gasteiger partial charge is 0.190 e. The van der Waals surface area contributed by atoms with Crippen molar-refractivity contribution in [2.75, 3.05) is 5.43 Å². The van der Waals surface area contributed by atoms with E-state index in [2.05, 4.69) is 10.9 Å². The molecule has 0 heterocycles. The van der Waals surface area contributed by atoms with Crippen LogP contribution in [-0.2, 0) is 0 Å². The van der Waals surface area contributed by atoms with Gasteiger partial charge >= 0.3 is 0 Å². The third-order valence-corrected chi connectivity index (χ3v) is 3.54. The first kappa shape index (κ1) is 12.8. The molecule has 2 aromatic rings. The summed E-state index contributed by atoms with van der Waals surface area (Å²) in [5, 5.41) is 0.510. The first-order chi connectivity index (χ1) is 9.68. The van der Waals surface area contributed by atoms with Crippen LogP contribution in [0.5, 0.6) is 0 Å². The molecule has 0 atom stereocenters. The van der Waals surface area contributed by atoms with Gasteiger partial charge in [0.25, 0.3) is 0 Å². The summed E-state index contributed by atoms with van der Waals surface area (Å²) >= 11 is 6.00. The van der Waals surface area contributed by atoms with Crippen molar-refractivity contribution in [3.05, 3.63) is 64.7 Å². The molecule has 20 heavy (non-hydrogen) atoms. The second kappa shape index (κ2) is 5.07. The lowest BCUT2D eigenvalue weighted by Crippen LogP contribution is -2.42. The predicted octanol–water partition coefficient (Wildman–Crippen LogP) is 2.70. The Kier molecular flexibility index (Phi) is 3.26. The van der Waals surface area contributed by atoms with Crippen molar-refractivity contribution >= 4 is 28.9 Å². The number of carbonyl (C=O) groups excluding carboxylic acids is 2. The number of rotatable bonds is 3. The first-order valence-electron chi connectivity index (χ1n) is 6.12. The second-order valence-electron chi connectivity index (χ2n) is 4.46. The molecule has 100 valence electrons. The highest BCUT2D eigenvalue weighted by Gasteiger charge is 2.38. The van der Waals surface area contributed by atoms with Crippen LogP contribution in [0.4, 0.5) is 5.69 Å². The van der Waals surface area contributed by atoms with Gasteiger partial charge in [0.05, 0.1) is 10.7 Å². The third kappa shape index (κ3) is 2.09. The van der Waals surface area contributed by atoms with Crippen molar-refractivity contribution in [1.82, 2.24) is 5.43 Å². The maximum absolute atomic E-state index is 12.2. The molecule has 2 N–H and O–H groups in total. The molecule has 5 heteroatoms.